The largest absolute Gasteiger partial charge is 0.396 e. The molecule has 0 saturated heterocycles. The molecule has 0 radical (unpaired) electrons. The molecule has 0 spiro atoms. The van der Waals surface area contributed by atoms with E-state index < -0.39 is 17.5 Å². The average molecular weight is 462 g/mol. The fourth-order valence-electron chi connectivity index (χ4n) is 2.01. The average Bonchev–Trinajstić information content (AvgIpc) is 2.57. The van der Waals surface area contributed by atoms with Crippen LogP contribution < -0.4 is 10.8 Å². The zero-order valence-corrected chi connectivity index (χ0v) is 15.3. The highest BCUT2D eigenvalue weighted by Gasteiger charge is 2.14. The van der Waals surface area contributed by atoms with E-state index in [9.17, 15) is 13.6 Å². The van der Waals surface area contributed by atoms with E-state index in [-0.39, 0.29) is 30.2 Å². The first-order valence-electron chi connectivity index (χ1n) is 7.56. The van der Waals surface area contributed by atoms with Crippen LogP contribution in [0.4, 0.5) is 20.2 Å². The molecule has 0 aromatic heterocycles. The molecule has 0 aliphatic rings. The van der Waals surface area contributed by atoms with E-state index in [0.29, 0.717) is 16.4 Å². The molecule has 2 rings (SSSR count). The maximum Gasteiger partial charge on any atom is 0.276 e. The molecular weight excluding hydrogens is 445 g/mol. The third-order valence-electron chi connectivity index (χ3n) is 3.25. The second-order valence-electron chi connectivity index (χ2n) is 5.15. The molecule has 2 aromatic rings. The molecule has 134 valence electrons. The molecule has 25 heavy (non-hydrogen) atoms. The normalized spacial score (nSPS) is 10.6. The lowest BCUT2D eigenvalue weighted by atomic mass is 10.1. The topological polar surface area (TPSA) is 70.6 Å². The zero-order valence-electron chi connectivity index (χ0n) is 13.2. The number of aliphatic hydroxyl groups excluding tert-OH is 1. The lowest BCUT2D eigenvalue weighted by Crippen LogP contribution is -2.25. The summed E-state index contributed by atoms with van der Waals surface area (Å²) in [4.78, 5) is 17.2. The summed E-state index contributed by atoms with van der Waals surface area (Å²) >= 11 is 1.98. The SMILES string of the molecule is O=C(NOCCCCO)c1ccc(F)cc1Nc1ccc(I)cc1F. The van der Waals surface area contributed by atoms with E-state index in [0.717, 1.165) is 12.1 Å². The maximum absolute atomic E-state index is 14.0. The number of carbonyl (C=O) groups excluding carboxylic acids is 1. The second-order valence-corrected chi connectivity index (χ2v) is 6.40. The summed E-state index contributed by atoms with van der Waals surface area (Å²) in [6.45, 7) is 0.285. The van der Waals surface area contributed by atoms with Crippen LogP contribution in [0.3, 0.4) is 0 Å². The van der Waals surface area contributed by atoms with Gasteiger partial charge in [0.25, 0.3) is 5.91 Å². The van der Waals surface area contributed by atoms with Gasteiger partial charge in [0.05, 0.1) is 23.5 Å². The Balaban J connectivity index is 2.12. The quantitative estimate of drug-likeness (QED) is 0.318. The Morgan fingerprint density at radius 1 is 1.12 bits per heavy atom. The van der Waals surface area contributed by atoms with Gasteiger partial charge in [0.2, 0.25) is 0 Å². The van der Waals surface area contributed by atoms with Crippen LogP contribution in [-0.4, -0.2) is 24.2 Å². The molecule has 0 saturated carbocycles. The highest BCUT2D eigenvalue weighted by molar-refractivity contribution is 14.1. The number of hydrogen-bond acceptors (Lipinski definition) is 4. The van der Waals surface area contributed by atoms with Gasteiger partial charge in [0.15, 0.2) is 0 Å². The summed E-state index contributed by atoms with van der Waals surface area (Å²) in [6, 6.07) is 8.06. The van der Waals surface area contributed by atoms with Crippen LogP contribution in [-0.2, 0) is 4.84 Å². The summed E-state index contributed by atoms with van der Waals surface area (Å²) in [5, 5.41) is 11.4. The minimum absolute atomic E-state index is 0.0465. The van der Waals surface area contributed by atoms with Crippen molar-refractivity contribution < 1.29 is 23.5 Å². The van der Waals surface area contributed by atoms with Crippen LogP contribution in [0.15, 0.2) is 36.4 Å². The lowest BCUT2D eigenvalue weighted by molar-refractivity contribution is 0.0289. The number of aliphatic hydroxyl groups is 1. The Labute approximate surface area is 157 Å². The van der Waals surface area contributed by atoms with Gasteiger partial charge >= 0.3 is 0 Å². The summed E-state index contributed by atoms with van der Waals surface area (Å²) < 4.78 is 28.2. The van der Waals surface area contributed by atoms with E-state index in [1.807, 2.05) is 22.6 Å². The predicted octanol–water partition coefficient (Wildman–Crippen LogP) is 3.75. The molecular formula is C17H17F2IN2O3. The maximum atomic E-state index is 14.0. The first-order chi connectivity index (χ1) is 12.0. The molecule has 2 aromatic carbocycles. The molecule has 5 nitrogen and oxygen atoms in total. The Morgan fingerprint density at radius 3 is 2.64 bits per heavy atom. The number of anilines is 2. The minimum Gasteiger partial charge on any atom is -0.396 e. The fourth-order valence-corrected chi connectivity index (χ4v) is 2.46. The Bertz CT molecular complexity index is 744. The van der Waals surface area contributed by atoms with Crippen molar-refractivity contribution >= 4 is 39.9 Å². The Hall–Kier alpha value is -1.78. The number of benzene rings is 2. The number of nitrogens with one attached hydrogen (secondary N) is 2. The smallest absolute Gasteiger partial charge is 0.276 e. The third kappa shape index (κ3) is 5.91. The minimum atomic E-state index is -0.586. The highest BCUT2D eigenvalue weighted by Crippen LogP contribution is 2.25. The van der Waals surface area contributed by atoms with Gasteiger partial charge in [-0.2, -0.15) is 0 Å². The van der Waals surface area contributed by atoms with E-state index in [4.69, 9.17) is 9.94 Å². The number of rotatable bonds is 8. The van der Waals surface area contributed by atoms with Gasteiger partial charge in [-0.1, -0.05) is 0 Å². The van der Waals surface area contributed by atoms with Gasteiger partial charge in [-0.25, -0.2) is 14.3 Å². The molecule has 0 aliphatic carbocycles. The first kappa shape index (κ1) is 19.5. The summed E-state index contributed by atoms with van der Waals surface area (Å²) in [6.07, 6.45) is 1.14. The van der Waals surface area contributed by atoms with E-state index in [1.54, 1.807) is 6.07 Å². The van der Waals surface area contributed by atoms with Crippen LogP contribution in [0.5, 0.6) is 0 Å². The molecule has 0 fully saturated rings. The molecule has 0 atom stereocenters. The van der Waals surface area contributed by atoms with Gasteiger partial charge < -0.3 is 10.4 Å². The summed E-state index contributed by atoms with van der Waals surface area (Å²) in [5.74, 6) is -1.66. The molecule has 0 aliphatic heterocycles. The van der Waals surface area contributed by atoms with Gasteiger partial charge in [0, 0.05) is 10.2 Å². The van der Waals surface area contributed by atoms with E-state index in [2.05, 4.69) is 10.8 Å². The lowest BCUT2D eigenvalue weighted by Gasteiger charge is -2.13. The second kappa shape index (κ2) is 9.64. The van der Waals surface area contributed by atoms with Crippen molar-refractivity contribution in [3.63, 3.8) is 0 Å². The van der Waals surface area contributed by atoms with Crippen LogP contribution in [0.1, 0.15) is 23.2 Å². The Kier molecular flexibility index (Phi) is 7.53. The van der Waals surface area contributed by atoms with Crippen molar-refractivity contribution in [2.45, 2.75) is 12.8 Å². The van der Waals surface area contributed by atoms with Crippen molar-refractivity contribution in [1.29, 1.82) is 0 Å². The number of hydrogen-bond donors (Lipinski definition) is 3. The molecule has 0 heterocycles. The van der Waals surface area contributed by atoms with Crippen molar-refractivity contribution in [3.8, 4) is 0 Å². The molecule has 0 bridgehead atoms. The fraction of sp³-hybridized carbons (Fsp3) is 0.235. The summed E-state index contributed by atoms with van der Waals surface area (Å²) in [7, 11) is 0. The van der Waals surface area contributed by atoms with Crippen molar-refractivity contribution in [3.05, 3.63) is 57.2 Å². The highest BCUT2D eigenvalue weighted by atomic mass is 127. The first-order valence-corrected chi connectivity index (χ1v) is 8.63. The third-order valence-corrected chi connectivity index (χ3v) is 3.92. The number of unbranched alkanes of at least 4 members (excludes halogenated alkanes) is 1. The zero-order chi connectivity index (χ0) is 18.2. The van der Waals surface area contributed by atoms with Crippen molar-refractivity contribution in [2.24, 2.45) is 0 Å². The molecule has 1 amide bonds. The van der Waals surface area contributed by atoms with E-state index >= 15 is 0 Å². The van der Waals surface area contributed by atoms with Gasteiger partial charge in [-0.15, -0.1) is 0 Å². The van der Waals surface area contributed by atoms with Crippen LogP contribution >= 0.6 is 22.6 Å². The molecule has 0 unspecified atom stereocenters. The summed E-state index contributed by atoms with van der Waals surface area (Å²) in [5.41, 5.74) is 2.61. The van der Waals surface area contributed by atoms with Crippen LogP contribution in [0.25, 0.3) is 0 Å². The predicted molar refractivity (Wildman–Crippen MR) is 98.5 cm³/mol. The van der Waals surface area contributed by atoms with Crippen LogP contribution in [0.2, 0.25) is 0 Å². The Morgan fingerprint density at radius 2 is 1.92 bits per heavy atom. The molecule has 8 heteroatoms. The van der Waals surface area contributed by atoms with Crippen LogP contribution in [0, 0.1) is 15.2 Å². The monoisotopic (exact) mass is 462 g/mol. The number of hydroxylamine groups is 1. The van der Waals surface area contributed by atoms with Crippen molar-refractivity contribution in [2.75, 3.05) is 18.5 Å². The standard InChI is InChI=1S/C17H17F2IN2O3/c18-11-3-5-13(17(24)22-25-8-2-1-7-23)16(9-11)21-15-6-4-12(20)10-14(15)19/h3-6,9-10,21,23H,1-2,7-8H2,(H,22,24). The number of amides is 1. The van der Waals surface area contributed by atoms with Gasteiger partial charge in [-0.05, 0) is 71.8 Å². The number of carbonyl (C=O) groups is 1. The van der Waals surface area contributed by atoms with Gasteiger partial charge in [0.1, 0.15) is 11.6 Å². The molecule has 3 N–H and O–H groups in total. The van der Waals surface area contributed by atoms with Gasteiger partial charge in [-0.3, -0.25) is 9.63 Å². The van der Waals surface area contributed by atoms with E-state index in [1.165, 1.54) is 18.2 Å². The van der Waals surface area contributed by atoms with Crippen molar-refractivity contribution in [1.82, 2.24) is 5.48 Å². The number of halogens is 3.